The molecule has 2 atom stereocenters. The zero-order valence-electron chi connectivity index (χ0n) is 12.0. The maximum Gasteiger partial charge on any atom is 0.415 e. The molecule has 120 valence electrons. The minimum Gasteiger partial charge on any atom is -0.369 e. The Kier molecular flexibility index (Phi) is 3.60. The van der Waals surface area contributed by atoms with Crippen LogP contribution >= 0.6 is 0 Å². The molecule has 2 heterocycles. The van der Waals surface area contributed by atoms with Crippen molar-refractivity contribution in [2.75, 3.05) is 6.54 Å². The summed E-state index contributed by atoms with van der Waals surface area (Å²) in [6.45, 7) is -0.194. The molecule has 0 saturated heterocycles. The molecule has 1 amide bonds. The summed E-state index contributed by atoms with van der Waals surface area (Å²) in [6.07, 6.45) is -2.02. The average molecular weight is 321 g/mol. The van der Waals surface area contributed by atoms with Gasteiger partial charge in [-0.15, -0.1) is 0 Å². The maximum absolute atomic E-state index is 14.1. The Balaban J connectivity index is 2.30. The molecule has 1 aliphatic heterocycles. The number of rotatable bonds is 2. The second kappa shape index (κ2) is 5.34. The Labute approximate surface area is 130 Å². The molecule has 23 heavy (non-hydrogen) atoms. The van der Waals surface area contributed by atoms with Crippen molar-refractivity contribution in [1.82, 2.24) is 10.3 Å². The van der Waals surface area contributed by atoms with Crippen LogP contribution in [0.3, 0.4) is 0 Å². The van der Waals surface area contributed by atoms with Crippen molar-refractivity contribution in [3.63, 3.8) is 0 Å². The number of halogens is 3. The molecule has 0 spiro atoms. The summed E-state index contributed by atoms with van der Waals surface area (Å²) in [6, 6.07) is 8.83. The van der Waals surface area contributed by atoms with E-state index in [-0.39, 0.29) is 17.7 Å². The van der Waals surface area contributed by atoms with Gasteiger partial charge < -0.3 is 5.73 Å². The number of amides is 1. The van der Waals surface area contributed by atoms with E-state index in [9.17, 15) is 18.0 Å². The zero-order chi connectivity index (χ0) is 16.7. The molecule has 2 aromatic rings. The van der Waals surface area contributed by atoms with Crippen LogP contribution in [0.2, 0.25) is 0 Å². The van der Waals surface area contributed by atoms with Gasteiger partial charge in [0.1, 0.15) is 0 Å². The Hall–Kier alpha value is -2.41. The number of alkyl halides is 3. The average Bonchev–Trinajstić information content (AvgIpc) is 2.53. The first-order chi connectivity index (χ1) is 10.9. The van der Waals surface area contributed by atoms with Crippen LogP contribution in [0.1, 0.15) is 22.6 Å². The second-order valence-electron chi connectivity index (χ2n) is 5.41. The maximum atomic E-state index is 14.1. The van der Waals surface area contributed by atoms with Crippen molar-refractivity contribution in [2.45, 2.75) is 17.6 Å². The Morgan fingerprint density at radius 2 is 2.00 bits per heavy atom. The van der Waals surface area contributed by atoms with Crippen molar-refractivity contribution in [1.29, 1.82) is 0 Å². The highest BCUT2D eigenvalue weighted by atomic mass is 19.4. The summed E-state index contributed by atoms with van der Waals surface area (Å²) in [4.78, 5) is 15.4. The standard InChI is InChI=1S/C16H14F3N3O/c17-16(18,19)15(10-4-3-7-21-8-10)13-6-2-1-5-11(13)12(9-22-15)14(20)23/h1-8,12,22H,9H2,(H2,20,23). The van der Waals surface area contributed by atoms with Crippen LogP contribution in [0.25, 0.3) is 0 Å². The summed E-state index contributed by atoms with van der Waals surface area (Å²) < 4.78 is 42.2. The summed E-state index contributed by atoms with van der Waals surface area (Å²) in [7, 11) is 0. The van der Waals surface area contributed by atoms with Gasteiger partial charge in [0.25, 0.3) is 0 Å². The van der Waals surface area contributed by atoms with Crippen LogP contribution in [0.15, 0.2) is 48.8 Å². The lowest BCUT2D eigenvalue weighted by atomic mass is 9.74. The molecule has 0 fully saturated rings. The number of nitrogens with one attached hydrogen (secondary N) is 1. The zero-order valence-corrected chi connectivity index (χ0v) is 12.0. The number of hydrogen-bond acceptors (Lipinski definition) is 3. The first kappa shape index (κ1) is 15.5. The van der Waals surface area contributed by atoms with E-state index in [1.54, 1.807) is 6.07 Å². The number of benzene rings is 1. The van der Waals surface area contributed by atoms with E-state index in [1.807, 2.05) is 0 Å². The van der Waals surface area contributed by atoms with Crippen molar-refractivity contribution >= 4 is 5.91 Å². The quantitative estimate of drug-likeness (QED) is 0.890. The lowest BCUT2D eigenvalue weighted by Gasteiger charge is -2.43. The lowest BCUT2D eigenvalue weighted by Crippen LogP contribution is -2.59. The van der Waals surface area contributed by atoms with Crippen molar-refractivity contribution in [3.05, 3.63) is 65.5 Å². The third-order valence-electron chi connectivity index (χ3n) is 4.17. The van der Waals surface area contributed by atoms with Gasteiger partial charge in [-0.1, -0.05) is 30.3 Å². The number of pyridine rings is 1. The predicted octanol–water partition coefficient (Wildman–Crippen LogP) is 2.06. The highest BCUT2D eigenvalue weighted by molar-refractivity contribution is 5.83. The summed E-state index contributed by atoms with van der Waals surface area (Å²) in [5.74, 6) is -1.47. The molecular formula is C16H14F3N3O. The van der Waals surface area contributed by atoms with Gasteiger partial charge in [0, 0.05) is 24.5 Å². The second-order valence-corrected chi connectivity index (χ2v) is 5.41. The molecule has 0 bridgehead atoms. The fourth-order valence-electron chi connectivity index (χ4n) is 3.12. The number of hydrogen-bond donors (Lipinski definition) is 2. The van der Waals surface area contributed by atoms with Crippen molar-refractivity contribution in [2.24, 2.45) is 5.73 Å². The number of carbonyl (C=O) groups is 1. The number of fused-ring (bicyclic) bond motifs is 1. The molecule has 0 radical (unpaired) electrons. The van der Waals surface area contributed by atoms with E-state index in [0.29, 0.717) is 5.56 Å². The van der Waals surface area contributed by atoms with Crippen molar-refractivity contribution in [3.8, 4) is 0 Å². The first-order valence-electron chi connectivity index (χ1n) is 6.99. The topological polar surface area (TPSA) is 68.0 Å². The Morgan fingerprint density at radius 3 is 2.61 bits per heavy atom. The summed E-state index contributed by atoms with van der Waals surface area (Å²) >= 11 is 0. The Bertz CT molecular complexity index is 733. The molecule has 1 aromatic carbocycles. The summed E-state index contributed by atoms with van der Waals surface area (Å²) in [5.41, 5.74) is 3.18. The van der Waals surface area contributed by atoms with E-state index in [2.05, 4.69) is 10.3 Å². The molecule has 4 nitrogen and oxygen atoms in total. The number of nitrogens with zero attached hydrogens (tertiary/aromatic N) is 1. The lowest BCUT2D eigenvalue weighted by molar-refractivity contribution is -0.190. The first-order valence-corrected chi connectivity index (χ1v) is 6.99. The number of aromatic nitrogens is 1. The van der Waals surface area contributed by atoms with Crippen LogP contribution in [-0.2, 0) is 10.3 Å². The summed E-state index contributed by atoms with van der Waals surface area (Å²) in [5, 5.41) is 2.51. The van der Waals surface area contributed by atoms with Gasteiger partial charge in [0.15, 0.2) is 5.54 Å². The van der Waals surface area contributed by atoms with Crippen LogP contribution in [0.5, 0.6) is 0 Å². The van der Waals surface area contributed by atoms with Gasteiger partial charge in [-0.25, -0.2) is 0 Å². The van der Waals surface area contributed by atoms with Crippen LogP contribution in [-0.4, -0.2) is 23.6 Å². The molecule has 3 rings (SSSR count). The molecule has 2 unspecified atom stereocenters. The van der Waals surface area contributed by atoms with E-state index in [0.717, 1.165) is 0 Å². The molecule has 7 heteroatoms. The normalized spacial score (nSPS) is 24.0. The number of carbonyl (C=O) groups excluding carboxylic acids is 1. The SMILES string of the molecule is NC(=O)C1CNC(c2cccnc2)(C(F)(F)F)c2ccccc21. The van der Waals surface area contributed by atoms with Gasteiger partial charge in [0.05, 0.1) is 5.92 Å². The van der Waals surface area contributed by atoms with E-state index in [4.69, 9.17) is 5.73 Å². The van der Waals surface area contributed by atoms with Gasteiger partial charge in [-0.2, -0.15) is 13.2 Å². The molecule has 0 saturated carbocycles. The van der Waals surface area contributed by atoms with Crippen LogP contribution < -0.4 is 11.1 Å². The smallest absolute Gasteiger partial charge is 0.369 e. The van der Waals surface area contributed by atoms with E-state index >= 15 is 0 Å². The monoisotopic (exact) mass is 321 g/mol. The Morgan fingerprint density at radius 1 is 1.26 bits per heavy atom. The third-order valence-corrected chi connectivity index (χ3v) is 4.17. The van der Waals surface area contributed by atoms with Gasteiger partial charge in [0.2, 0.25) is 5.91 Å². The van der Waals surface area contributed by atoms with E-state index < -0.39 is 23.5 Å². The largest absolute Gasteiger partial charge is 0.415 e. The predicted molar refractivity (Wildman–Crippen MR) is 77.5 cm³/mol. The number of primary amides is 1. The minimum atomic E-state index is -4.62. The minimum absolute atomic E-state index is 0.0180. The highest BCUT2D eigenvalue weighted by Crippen LogP contribution is 2.48. The fraction of sp³-hybridized carbons (Fsp3) is 0.250. The van der Waals surface area contributed by atoms with Crippen LogP contribution in [0.4, 0.5) is 13.2 Å². The molecular weight excluding hydrogens is 307 g/mol. The fourth-order valence-corrected chi connectivity index (χ4v) is 3.12. The molecule has 3 N–H and O–H groups in total. The van der Waals surface area contributed by atoms with Gasteiger partial charge in [-0.3, -0.25) is 15.1 Å². The van der Waals surface area contributed by atoms with Crippen molar-refractivity contribution < 1.29 is 18.0 Å². The van der Waals surface area contributed by atoms with Gasteiger partial charge >= 0.3 is 6.18 Å². The molecule has 0 aliphatic carbocycles. The van der Waals surface area contributed by atoms with Gasteiger partial charge in [-0.05, 0) is 17.2 Å². The number of nitrogens with two attached hydrogens (primary N) is 1. The highest BCUT2D eigenvalue weighted by Gasteiger charge is 2.60. The third kappa shape index (κ3) is 2.28. The van der Waals surface area contributed by atoms with Crippen LogP contribution in [0, 0.1) is 0 Å². The molecule has 1 aliphatic rings. The van der Waals surface area contributed by atoms with E-state index in [1.165, 1.54) is 42.7 Å². The molecule has 1 aromatic heterocycles.